The van der Waals surface area contributed by atoms with Crippen molar-refractivity contribution in [1.29, 1.82) is 0 Å². The molecule has 0 unspecified atom stereocenters. The molecular weight excluding hydrogens is 114 g/mol. The Kier molecular flexibility index (Phi) is 1.78. The lowest BCUT2D eigenvalue weighted by Gasteiger charge is -2.05. The fraction of sp³-hybridized carbons (Fsp3) is 0.429. The van der Waals surface area contributed by atoms with Crippen LogP contribution in [0.5, 0.6) is 5.75 Å². The molecule has 0 fully saturated rings. The van der Waals surface area contributed by atoms with Gasteiger partial charge in [0.05, 0.1) is 6.10 Å². The van der Waals surface area contributed by atoms with Crippen molar-refractivity contribution in [3.8, 4) is 5.75 Å². The number of H-pyrrole nitrogens is 1. The molecule has 2 nitrogen and oxygen atoms in total. The van der Waals surface area contributed by atoms with Gasteiger partial charge in [-0.05, 0) is 19.9 Å². The van der Waals surface area contributed by atoms with Crippen molar-refractivity contribution in [1.82, 2.24) is 4.98 Å². The van der Waals surface area contributed by atoms with E-state index in [9.17, 15) is 0 Å². The van der Waals surface area contributed by atoms with Crippen LogP contribution in [0.1, 0.15) is 13.8 Å². The Balaban J connectivity index is 2.48. The van der Waals surface area contributed by atoms with Gasteiger partial charge in [0.15, 0.2) is 0 Å². The van der Waals surface area contributed by atoms with Crippen LogP contribution < -0.4 is 4.74 Å². The van der Waals surface area contributed by atoms with E-state index < -0.39 is 0 Å². The van der Waals surface area contributed by atoms with Gasteiger partial charge in [-0.25, -0.2) is 0 Å². The Morgan fingerprint density at radius 2 is 2.33 bits per heavy atom. The first-order chi connectivity index (χ1) is 4.29. The Bertz CT molecular complexity index is 155. The van der Waals surface area contributed by atoms with Gasteiger partial charge >= 0.3 is 0 Å². The minimum Gasteiger partial charge on any atom is -0.489 e. The Labute approximate surface area is 54.8 Å². The lowest BCUT2D eigenvalue weighted by Crippen LogP contribution is -2.04. The summed E-state index contributed by atoms with van der Waals surface area (Å²) in [5.41, 5.74) is 0. The van der Waals surface area contributed by atoms with Gasteiger partial charge in [0.25, 0.3) is 0 Å². The molecule has 0 bridgehead atoms. The SMILES string of the molecule is CC(C)Oc1cc[nH]c1. The molecule has 1 aromatic rings. The highest BCUT2D eigenvalue weighted by atomic mass is 16.5. The number of nitrogens with one attached hydrogen (secondary N) is 1. The van der Waals surface area contributed by atoms with Crippen LogP contribution in [0.15, 0.2) is 18.5 Å². The minimum absolute atomic E-state index is 0.265. The number of ether oxygens (including phenoxy) is 1. The zero-order valence-electron chi connectivity index (χ0n) is 5.72. The molecular formula is C7H11NO. The molecule has 0 saturated heterocycles. The summed E-state index contributed by atoms with van der Waals surface area (Å²) in [5.74, 6) is 0.907. The number of aromatic nitrogens is 1. The van der Waals surface area contributed by atoms with Gasteiger partial charge in [-0.1, -0.05) is 0 Å². The summed E-state index contributed by atoms with van der Waals surface area (Å²) in [7, 11) is 0. The predicted molar refractivity (Wildman–Crippen MR) is 36.6 cm³/mol. The molecule has 0 aliphatic carbocycles. The summed E-state index contributed by atoms with van der Waals surface area (Å²) in [6.45, 7) is 4.01. The maximum absolute atomic E-state index is 5.32. The maximum atomic E-state index is 5.32. The molecule has 1 heterocycles. The molecule has 1 N–H and O–H groups in total. The molecule has 0 aliphatic heterocycles. The van der Waals surface area contributed by atoms with Crippen molar-refractivity contribution in [3.05, 3.63) is 18.5 Å². The Hall–Kier alpha value is -0.920. The Morgan fingerprint density at radius 1 is 1.56 bits per heavy atom. The molecule has 0 radical (unpaired) electrons. The number of hydrogen-bond donors (Lipinski definition) is 1. The van der Waals surface area contributed by atoms with Crippen molar-refractivity contribution in [2.75, 3.05) is 0 Å². The highest BCUT2D eigenvalue weighted by Gasteiger charge is 1.94. The summed E-state index contributed by atoms with van der Waals surface area (Å²) in [6, 6.07) is 1.90. The number of hydrogen-bond acceptors (Lipinski definition) is 1. The monoisotopic (exact) mass is 125 g/mol. The highest BCUT2D eigenvalue weighted by molar-refractivity contribution is 5.15. The lowest BCUT2D eigenvalue weighted by atomic mass is 10.5. The van der Waals surface area contributed by atoms with Crippen LogP contribution in [0.4, 0.5) is 0 Å². The minimum atomic E-state index is 0.265. The van der Waals surface area contributed by atoms with Crippen molar-refractivity contribution in [2.45, 2.75) is 20.0 Å². The van der Waals surface area contributed by atoms with E-state index in [1.165, 1.54) is 0 Å². The van der Waals surface area contributed by atoms with Gasteiger partial charge in [0, 0.05) is 12.4 Å². The first-order valence-corrected chi connectivity index (χ1v) is 3.08. The van der Waals surface area contributed by atoms with Gasteiger partial charge < -0.3 is 9.72 Å². The molecule has 9 heavy (non-hydrogen) atoms. The molecule has 0 amide bonds. The third-order valence-electron chi connectivity index (χ3n) is 0.941. The van der Waals surface area contributed by atoms with Gasteiger partial charge in [-0.15, -0.1) is 0 Å². The van der Waals surface area contributed by atoms with Gasteiger partial charge in [0.1, 0.15) is 5.75 Å². The van der Waals surface area contributed by atoms with Crippen LogP contribution in [0, 0.1) is 0 Å². The maximum Gasteiger partial charge on any atom is 0.137 e. The molecule has 1 rings (SSSR count). The topological polar surface area (TPSA) is 25.0 Å². The van der Waals surface area contributed by atoms with Gasteiger partial charge in [-0.2, -0.15) is 0 Å². The highest BCUT2D eigenvalue weighted by Crippen LogP contribution is 2.08. The van der Waals surface area contributed by atoms with Gasteiger partial charge in [0.2, 0.25) is 0 Å². The van der Waals surface area contributed by atoms with E-state index in [4.69, 9.17) is 4.74 Å². The lowest BCUT2D eigenvalue weighted by molar-refractivity contribution is 0.243. The number of aromatic amines is 1. The van der Waals surface area contributed by atoms with E-state index in [1.807, 2.05) is 32.3 Å². The summed E-state index contributed by atoms with van der Waals surface area (Å²) < 4.78 is 5.32. The zero-order valence-corrected chi connectivity index (χ0v) is 5.72. The van der Waals surface area contributed by atoms with E-state index in [1.54, 1.807) is 0 Å². The second kappa shape index (κ2) is 2.58. The predicted octanol–water partition coefficient (Wildman–Crippen LogP) is 1.80. The smallest absolute Gasteiger partial charge is 0.137 e. The number of rotatable bonds is 2. The average molecular weight is 125 g/mol. The molecule has 0 aromatic carbocycles. The summed E-state index contributed by atoms with van der Waals surface area (Å²) >= 11 is 0. The van der Waals surface area contributed by atoms with Crippen LogP contribution in [0.25, 0.3) is 0 Å². The van der Waals surface area contributed by atoms with Crippen molar-refractivity contribution in [3.63, 3.8) is 0 Å². The first-order valence-electron chi connectivity index (χ1n) is 3.08. The molecule has 0 spiro atoms. The molecule has 0 saturated carbocycles. The molecule has 0 aliphatic rings. The molecule has 2 heteroatoms. The van der Waals surface area contributed by atoms with Crippen LogP contribution >= 0.6 is 0 Å². The van der Waals surface area contributed by atoms with Crippen LogP contribution in [-0.2, 0) is 0 Å². The molecule has 50 valence electrons. The quantitative estimate of drug-likeness (QED) is 0.640. The molecule has 1 aromatic heterocycles. The second-order valence-electron chi connectivity index (χ2n) is 2.21. The van der Waals surface area contributed by atoms with Crippen LogP contribution in [-0.4, -0.2) is 11.1 Å². The van der Waals surface area contributed by atoms with Crippen molar-refractivity contribution in [2.24, 2.45) is 0 Å². The summed E-state index contributed by atoms with van der Waals surface area (Å²) in [4.78, 5) is 2.91. The average Bonchev–Trinajstić information content (AvgIpc) is 2.15. The fourth-order valence-electron chi connectivity index (χ4n) is 0.654. The van der Waals surface area contributed by atoms with Gasteiger partial charge in [-0.3, -0.25) is 0 Å². The first kappa shape index (κ1) is 6.20. The van der Waals surface area contributed by atoms with E-state index >= 15 is 0 Å². The normalized spacial score (nSPS) is 10.1. The summed E-state index contributed by atoms with van der Waals surface area (Å²) in [5, 5.41) is 0. The third kappa shape index (κ3) is 1.80. The Morgan fingerprint density at radius 3 is 2.78 bits per heavy atom. The van der Waals surface area contributed by atoms with E-state index in [-0.39, 0.29) is 6.10 Å². The van der Waals surface area contributed by atoms with E-state index in [0.29, 0.717) is 0 Å². The summed E-state index contributed by atoms with van der Waals surface area (Å²) in [6.07, 6.45) is 3.94. The van der Waals surface area contributed by atoms with E-state index in [2.05, 4.69) is 4.98 Å². The molecule has 0 atom stereocenters. The van der Waals surface area contributed by atoms with Crippen molar-refractivity contribution >= 4 is 0 Å². The standard InChI is InChI=1S/C7H11NO/c1-6(2)9-7-3-4-8-5-7/h3-6,8H,1-2H3. The fourth-order valence-corrected chi connectivity index (χ4v) is 0.654. The zero-order chi connectivity index (χ0) is 6.69. The second-order valence-corrected chi connectivity index (χ2v) is 2.21. The van der Waals surface area contributed by atoms with Crippen molar-refractivity contribution < 1.29 is 4.74 Å². The third-order valence-corrected chi connectivity index (χ3v) is 0.941. The largest absolute Gasteiger partial charge is 0.489 e. The van der Waals surface area contributed by atoms with E-state index in [0.717, 1.165) is 5.75 Å². The van der Waals surface area contributed by atoms with Crippen LogP contribution in [0.2, 0.25) is 0 Å². The van der Waals surface area contributed by atoms with Crippen LogP contribution in [0.3, 0.4) is 0 Å².